The van der Waals surface area contributed by atoms with Crippen LogP contribution in [0.5, 0.6) is 5.75 Å². The second-order valence-electron chi connectivity index (χ2n) is 13.6. The zero-order valence-corrected chi connectivity index (χ0v) is 32.5. The Morgan fingerprint density at radius 2 is 1.80 bits per heavy atom. The van der Waals surface area contributed by atoms with Gasteiger partial charge in [-0.1, -0.05) is 46.5 Å². The predicted octanol–water partition coefficient (Wildman–Crippen LogP) is 6.04. The Kier molecular flexibility index (Phi) is 16.6. The number of carbonyl (C=O) groups excluding carboxylic acids is 3. The van der Waals surface area contributed by atoms with Crippen LogP contribution in [0.2, 0.25) is 0 Å². The number of pyridine rings is 1. The summed E-state index contributed by atoms with van der Waals surface area (Å²) in [5, 5.41) is 6.30. The van der Waals surface area contributed by atoms with Gasteiger partial charge < -0.3 is 19.9 Å². The molecule has 14 heteroatoms. The number of thiazole rings is 1. The van der Waals surface area contributed by atoms with Crippen molar-refractivity contribution in [3.05, 3.63) is 45.1 Å². The van der Waals surface area contributed by atoms with Gasteiger partial charge in [0.25, 0.3) is 0 Å². The molecule has 3 N–H and O–H groups in total. The van der Waals surface area contributed by atoms with Crippen molar-refractivity contribution in [2.75, 3.05) is 20.7 Å². The number of carbonyl (C=O) groups is 3. The lowest BCUT2D eigenvalue weighted by Gasteiger charge is -2.09. The monoisotopic (exact) mass is 745 g/mol. The number of methoxy groups -OCH3 is 1. The van der Waals surface area contributed by atoms with Gasteiger partial charge in [-0.15, -0.1) is 11.3 Å². The van der Waals surface area contributed by atoms with Gasteiger partial charge in [-0.05, 0) is 69.9 Å². The molecule has 51 heavy (non-hydrogen) atoms. The molecule has 0 unspecified atom stereocenters. The van der Waals surface area contributed by atoms with E-state index in [2.05, 4.69) is 36.1 Å². The normalized spacial score (nSPS) is 15.4. The van der Waals surface area contributed by atoms with Crippen LogP contribution in [0.25, 0.3) is 21.6 Å². The van der Waals surface area contributed by atoms with Crippen LogP contribution in [-0.4, -0.2) is 74.0 Å². The van der Waals surface area contributed by atoms with E-state index in [0.29, 0.717) is 42.0 Å². The minimum atomic E-state index is -3.26. The number of nitrogens with one attached hydrogen (secondary N) is 3. The number of hydrogen-bond donors (Lipinski definition) is 3. The standard InChI is InChI=1S/C17H18N2O2S.C9H15NO.C7H15NO.C4H7NO3S/c1-9(2)13-8-22-17(19-13)12-7-14(20)11-5-6-15(21-4)10(3)16(11)18-12;11-9(10-8-5-6-8)7-3-1-2-4-7;1-3-4-5-6-8(2)7-9;6-3-5-9(7,8)4-1-2-4/h5-9H,1-4H3,(H,18,20);7-8H,1-6H2,(H,10,11);7H,3-6H2,1-2H3;3-4H,1-2H2,(H,5,6). The van der Waals surface area contributed by atoms with Crippen LogP contribution in [-0.2, 0) is 24.4 Å². The fourth-order valence-electron chi connectivity index (χ4n) is 5.39. The molecule has 0 bridgehead atoms. The summed E-state index contributed by atoms with van der Waals surface area (Å²) < 4.78 is 28.4. The number of aromatic nitrogens is 2. The second-order valence-corrected chi connectivity index (χ2v) is 16.5. The fourth-order valence-corrected chi connectivity index (χ4v) is 7.43. The van der Waals surface area contributed by atoms with Crippen LogP contribution in [0.15, 0.2) is 28.4 Å². The lowest BCUT2D eigenvalue weighted by molar-refractivity contribution is -0.125. The maximum atomic E-state index is 12.4. The molecular weight excluding hydrogens is 691 g/mol. The average Bonchev–Trinajstić information content (AvgIpc) is 4.02. The van der Waals surface area contributed by atoms with Crippen molar-refractivity contribution in [2.45, 2.75) is 116 Å². The Morgan fingerprint density at radius 1 is 1.12 bits per heavy atom. The molecule has 282 valence electrons. The minimum Gasteiger partial charge on any atom is -0.496 e. The molecule has 3 aliphatic carbocycles. The van der Waals surface area contributed by atoms with Gasteiger partial charge in [-0.2, -0.15) is 0 Å². The van der Waals surface area contributed by atoms with Crippen molar-refractivity contribution in [2.24, 2.45) is 5.92 Å². The molecule has 0 radical (unpaired) electrons. The Hall–Kier alpha value is -3.78. The number of fused-ring (bicyclic) bond motifs is 1. The van der Waals surface area contributed by atoms with Gasteiger partial charge in [0.05, 0.1) is 29.3 Å². The highest BCUT2D eigenvalue weighted by atomic mass is 32.2. The number of rotatable bonds is 13. The summed E-state index contributed by atoms with van der Waals surface area (Å²) in [6.45, 7) is 9.22. The Bertz CT molecular complexity index is 1740. The molecule has 3 amide bonds. The summed E-state index contributed by atoms with van der Waals surface area (Å²) in [6, 6.07) is 5.79. The van der Waals surface area contributed by atoms with Gasteiger partial charge in [-0.25, -0.2) is 13.4 Å². The summed E-state index contributed by atoms with van der Waals surface area (Å²) in [5.74, 6) is 1.82. The van der Waals surface area contributed by atoms with Gasteiger partial charge in [0.2, 0.25) is 28.8 Å². The van der Waals surface area contributed by atoms with E-state index in [1.807, 2.05) is 25.4 Å². The number of benzene rings is 1. The molecule has 3 saturated carbocycles. The van der Waals surface area contributed by atoms with Gasteiger partial charge >= 0.3 is 0 Å². The molecule has 0 saturated heterocycles. The highest BCUT2D eigenvalue weighted by molar-refractivity contribution is 7.90. The van der Waals surface area contributed by atoms with E-state index in [0.717, 1.165) is 65.4 Å². The third-order valence-electron chi connectivity index (χ3n) is 8.90. The number of nitrogens with zero attached hydrogens (tertiary/aromatic N) is 2. The first-order valence-electron chi connectivity index (χ1n) is 17.9. The number of H-pyrrole nitrogens is 1. The van der Waals surface area contributed by atoms with Crippen molar-refractivity contribution in [1.29, 1.82) is 0 Å². The quantitative estimate of drug-likeness (QED) is 0.141. The van der Waals surface area contributed by atoms with Gasteiger partial charge in [0.15, 0.2) is 5.43 Å². The Labute approximate surface area is 306 Å². The highest BCUT2D eigenvalue weighted by Gasteiger charge is 2.35. The van der Waals surface area contributed by atoms with Crippen molar-refractivity contribution < 1.29 is 27.5 Å². The SMILES string of the molecule is CCCCCN(C)C=O.COc1ccc2c(=O)cc(-c3nc(C(C)C)cs3)[nH]c2c1C.O=C(NC1CC1)C1CCCC1.O=CNS(=O)(=O)C1CC1. The lowest BCUT2D eigenvalue weighted by atomic mass is 10.1. The molecule has 3 aliphatic rings. The molecule has 1 aromatic carbocycles. The van der Waals surface area contributed by atoms with Crippen molar-refractivity contribution in [1.82, 2.24) is 24.9 Å². The van der Waals surface area contributed by atoms with Gasteiger partial charge in [0.1, 0.15) is 10.8 Å². The first-order valence-corrected chi connectivity index (χ1v) is 20.3. The molecule has 3 aromatic rings. The smallest absolute Gasteiger partial charge is 0.237 e. The summed E-state index contributed by atoms with van der Waals surface area (Å²) in [7, 11) is 0.184. The topological polar surface area (TPSA) is 168 Å². The largest absolute Gasteiger partial charge is 0.496 e. The summed E-state index contributed by atoms with van der Waals surface area (Å²) in [4.78, 5) is 53.1. The maximum Gasteiger partial charge on any atom is 0.237 e. The van der Waals surface area contributed by atoms with Crippen molar-refractivity contribution in [3.8, 4) is 16.5 Å². The number of amides is 3. The first-order chi connectivity index (χ1) is 24.3. The zero-order chi connectivity index (χ0) is 37.6. The van der Waals surface area contributed by atoms with E-state index < -0.39 is 10.0 Å². The molecule has 0 spiro atoms. The Morgan fingerprint density at radius 3 is 2.33 bits per heavy atom. The highest BCUT2D eigenvalue weighted by Crippen LogP contribution is 2.30. The van der Waals surface area contributed by atoms with E-state index in [9.17, 15) is 27.6 Å². The van der Waals surface area contributed by atoms with E-state index in [1.54, 1.807) is 40.2 Å². The number of hydrogen-bond acceptors (Lipinski definition) is 9. The number of unbranched alkanes of at least 4 members (excludes halogenated alkanes) is 2. The van der Waals surface area contributed by atoms with Crippen LogP contribution < -0.4 is 20.2 Å². The van der Waals surface area contributed by atoms with E-state index in [1.165, 1.54) is 38.5 Å². The number of aromatic amines is 1. The summed E-state index contributed by atoms with van der Waals surface area (Å²) in [6.07, 6.45) is 13.2. The third kappa shape index (κ3) is 13.4. The first kappa shape index (κ1) is 41.6. The van der Waals surface area contributed by atoms with Gasteiger partial charge in [0, 0.05) is 47.9 Å². The van der Waals surface area contributed by atoms with E-state index in [-0.39, 0.29) is 17.1 Å². The second kappa shape index (κ2) is 20.3. The zero-order valence-electron chi connectivity index (χ0n) is 30.8. The maximum absolute atomic E-state index is 12.4. The molecule has 2 heterocycles. The minimum absolute atomic E-state index is 0.00389. The lowest BCUT2D eigenvalue weighted by Crippen LogP contribution is -2.30. The van der Waals surface area contributed by atoms with E-state index in [4.69, 9.17) is 4.74 Å². The number of sulfonamides is 1. The average molecular weight is 746 g/mol. The third-order valence-corrected chi connectivity index (χ3v) is 11.6. The van der Waals surface area contributed by atoms with Crippen LogP contribution in [0.1, 0.15) is 109 Å². The molecule has 12 nitrogen and oxygen atoms in total. The number of aryl methyl sites for hydroxylation is 1. The molecule has 2 aromatic heterocycles. The van der Waals surface area contributed by atoms with Crippen LogP contribution >= 0.6 is 11.3 Å². The molecule has 3 fully saturated rings. The van der Waals surface area contributed by atoms with Gasteiger partial charge in [-0.3, -0.25) is 23.9 Å². The van der Waals surface area contributed by atoms with Crippen LogP contribution in [0.3, 0.4) is 0 Å². The molecular formula is C37H55N5O7S2. The predicted molar refractivity (Wildman–Crippen MR) is 204 cm³/mol. The summed E-state index contributed by atoms with van der Waals surface area (Å²) >= 11 is 1.55. The van der Waals surface area contributed by atoms with E-state index >= 15 is 0 Å². The number of ether oxygens (including phenoxy) is 1. The fraction of sp³-hybridized carbons (Fsp3) is 0.595. The van der Waals surface area contributed by atoms with Crippen LogP contribution in [0.4, 0.5) is 0 Å². The molecule has 0 aliphatic heterocycles. The molecule has 6 rings (SSSR count). The van der Waals surface area contributed by atoms with Crippen LogP contribution in [0, 0.1) is 12.8 Å². The summed E-state index contributed by atoms with van der Waals surface area (Å²) in [5.41, 5.74) is 3.53. The van der Waals surface area contributed by atoms with Crippen molar-refractivity contribution >= 4 is 51.0 Å². The molecule has 0 atom stereocenters. The van der Waals surface area contributed by atoms with Crippen molar-refractivity contribution in [3.63, 3.8) is 0 Å². The Balaban J connectivity index is 0.000000203.